The largest absolute Gasteiger partial charge is 0.451 e. The summed E-state index contributed by atoms with van der Waals surface area (Å²) >= 11 is 1.81. The molecule has 0 spiro atoms. The number of hydrogen-bond donors (Lipinski definition) is 0. The zero-order valence-corrected chi connectivity index (χ0v) is 10.1. The fraction of sp³-hybridized carbons (Fsp3) is 0.917. The van der Waals surface area contributed by atoms with E-state index in [0.717, 1.165) is 25.0 Å². The maximum Gasteiger partial charge on any atom is 0.310 e. The predicted octanol–water partition coefficient (Wildman–Crippen LogP) is 3.35. The Bertz CT molecular complexity index is 206. The van der Waals surface area contributed by atoms with Gasteiger partial charge >= 0.3 is 5.97 Å². The van der Waals surface area contributed by atoms with Crippen LogP contribution in [-0.2, 0) is 9.53 Å². The van der Waals surface area contributed by atoms with Crippen LogP contribution in [-0.4, -0.2) is 17.2 Å². The monoisotopic (exact) mass is 228 g/mol. The highest BCUT2D eigenvalue weighted by Crippen LogP contribution is 2.30. The van der Waals surface area contributed by atoms with Crippen molar-refractivity contribution in [3.63, 3.8) is 0 Å². The predicted molar refractivity (Wildman–Crippen MR) is 62.8 cm³/mol. The summed E-state index contributed by atoms with van der Waals surface area (Å²) in [5, 5.41) is 0. The zero-order valence-electron chi connectivity index (χ0n) is 9.24. The molecule has 3 heteroatoms. The lowest BCUT2D eigenvalue weighted by Gasteiger charge is -2.25. The maximum atomic E-state index is 11.8. The summed E-state index contributed by atoms with van der Waals surface area (Å²) in [6.45, 7) is 0. The van der Waals surface area contributed by atoms with Crippen molar-refractivity contribution in [2.45, 2.75) is 56.8 Å². The molecule has 0 N–H and O–H groups in total. The minimum absolute atomic E-state index is 0.0779. The minimum atomic E-state index is 0.0779. The molecule has 1 atom stereocenters. The summed E-state index contributed by atoms with van der Waals surface area (Å²) in [7, 11) is 0. The Balaban J connectivity index is 1.74. The summed E-state index contributed by atoms with van der Waals surface area (Å²) in [6, 6.07) is 0. The lowest BCUT2D eigenvalue weighted by molar-refractivity contribution is -0.151. The Kier molecular flexibility index (Phi) is 4.36. The number of ether oxygens (including phenoxy) is 1. The van der Waals surface area contributed by atoms with Crippen molar-refractivity contribution in [2.75, 3.05) is 5.75 Å². The van der Waals surface area contributed by atoms with Gasteiger partial charge in [0.2, 0.25) is 0 Å². The van der Waals surface area contributed by atoms with Crippen LogP contribution in [0.15, 0.2) is 0 Å². The molecule has 2 aliphatic rings. The molecular weight excluding hydrogens is 208 g/mol. The lowest BCUT2D eigenvalue weighted by atomic mass is 9.89. The van der Waals surface area contributed by atoms with E-state index in [0.29, 0.717) is 0 Å². The van der Waals surface area contributed by atoms with Crippen LogP contribution in [0.4, 0.5) is 0 Å². The Morgan fingerprint density at radius 1 is 1.00 bits per heavy atom. The van der Waals surface area contributed by atoms with E-state index in [1.54, 1.807) is 0 Å². The number of thioether (sulfide) groups is 1. The molecule has 1 saturated carbocycles. The van der Waals surface area contributed by atoms with Crippen molar-refractivity contribution in [3.05, 3.63) is 0 Å². The second-order valence-corrected chi connectivity index (χ2v) is 5.84. The van der Waals surface area contributed by atoms with Crippen LogP contribution in [0.3, 0.4) is 0 Å². The van der Waals surface area contributed by atoms with E-state index < -0.39 is 0 Å². The molecule has 2 rings (SSSR count). The molecule has 2 nitrogen and oxygen atoms in total. The van der Waals surface area contributed by atoms with E-state index in [1.807, 2.05) is 11.8 Å². The van der Waals surface area contributed by atoms with E-state index in [-0.39, 0.29) is 17.3 Å². The van der Waals surface area contributed by atoms with Crippen molar-refractivity contribution in [1.29, 1.82) is 0 Å². The van der Waals surface area contributed by atoms with E-state index in [2.05, 4.69) is 0 Å². The van der Waals surface area contributed by atoms with Crippen LogP contribution in [0.1, 0.15) is 51.4 Å². The van der Waals surface area contributed by atoms with Crippen molar-refractivity contribution in [2.24, 2.45) is 5.92 Å². The van der Waals surface area contributed by atoms with Gasteiger partial charge in [-0.05, 0) is 37.9 Å². The lowest BCUT2D eigenvalue weighted by Crippen LogP contribution is -2.25. The summed E-state index contributed by atoms with van der Waals surface area (Å²) in [5.74, 6) is 1.44. The van der Waals surface area contributed by atoms with Gasteiger partial charge in [0.05, 0.1) is 5.92 Å². The van der Waals surface area contributed by atoms with Crippen molar-refractivity contribution >= 4 is 17.7 Å². The van der Waals surface area contributed by atoms with E-state index in [1.165, 1.54) is 32.1 Å². The summed E-state index contributed by atoms with van der Waals surface area (Å²) in [6.07, 6.45) is 9.37. The summed E-state index contributed by atoms with van der Waals surface area (Å²) in [5.41, 5.74) is 0.160. The van der Waals surface area contributed by atoms with Gasteiger partial charge in [0.25, 0.3) is 0 Å². The van der Waals surface area contributed by atoms with Crippen molar-refractivity contribution in [3.8, 4) is 0 Å². The first-order valence-electron chi connectivity index (χ1n) is 6.18. The van der Waals surface area contributed by atoms with Gasteiger partial charge in [0, 0.05) is 0 Å². The van der Waals surface area contributed by atoms with Crippen LogP contribution in [0.5, 0.6) is 0 Å². The maximum absolute atomic E-state index is 11.8. The normalized spacial score (nSPS) is 28.7. The van der Waals surface area contributed by atoms with Gasteiger partial charge in [-0.3, -0.25) is 4.79 Å². The first kappa shape index (κ1) is 11.3. The Hall–Kier alpha value is -0.180. The SMILES string of the molecule is O=C(OC1CCCCS1)C1CCCCC1. The molecule has 1 heterocycles. The van der Waals surface area contributed by atoms with Crippen LogP contribution in [0, 0.1) is 5.92 Å². The van der Waals surface area contributed by atoms with Gasteiger partial charge in [-0.2, -0.15) is 0 Å². The Morgan fingerprint density at radius 3 is 2.40 bits per heavy atom. The topological polar surface area (TPSA) is 26.3 Å². The van der Waals surface area contributed by atoms with Gasteiger partial charge < -0.3 is 4.74 Å². The first-order chi connectivity index (χ1) is 7.36. The number of rotatable bonds is 2. The molecule has 1 aliphatic carbocycles. The molecule has 15 heavy (non-hydrogen) atoms. The van der Waals surface area contributed by atoms with Crippen LogP contribution >= 0.6 is 11.8 Å². The average Bonchev–Trinajstić information content (AvgIpc) is 2.31. The molecule has 1 saturated heterocycles. The van der Waals surface area contributed by atoms with Crippen molar-refractivity contribution in [1.82, 2.24) is 0 Å². The number of hydrogen-bond acceptors (Lipinski definition) is 3. The first-order valence-corrected chi connectivity index (χ1v) is 7.23. The quantitative estimate of drug-likeness (QED) is 0.678. The fourth-order valence-corrected chi connectivity index (χ4v) is 3.50. The second kappa shape index (κ2) is 5.78. The molecule has 1 unspecified atom stereocenters. The second-order valence-electron chi connectivity index (χ2n) is 4.57. The average molecular weight is 228 g/mol. The highest BCUT2D eigenvalue weighted by Gasteiger charge is 2.26. The highest BCUT2D eigenvalue weighted by atomic mass is 32.2. The number of esters is 1. The molecule has 0 aromatic carbocycles. The highest BCUT2D eigenvalue weighted by molar-refractivity contribution is 7.99. The van der Waals surface area contributed by atoms with Gasteiger partial charge in [-0.1, -0.05) is 19.3 Å². The van der Waals surface area contributed by atoms with E-state index in [9.17, 15) is 4.79 Å². The van der Waals surface area contributed by atoms with Crippen LogP contribution in [0.25, 0.3) is 0 Å². The molecule has 0 bridgehead atoms. The molecule has 0 aromatic rings. The van der Waals surface area contributed by atoms with Crippen LogP contribution in [0.2, 0.25) is 0 Å². The van der Waals surface area contributed by atoms with Gasteiger partial charge in [-0.25, -0.2) is 0 Å². The van der Waals surface area contributed by atoms with E-state index in [4.69, 9.17) is 4.74 Å². The molecule has 0 amide bonds. The van der Waals surface area contributed by atoms with Gasteiger partial charge in [-0.15, -0.1) is 11.8 Å². The van der Waals surface area contributed by atoms with Gasteiger partial charge in [0.15, 0.2) is 0 Å². The Labute approximate surface area is 96.1 Å². The zero-order chi connectivity index (χ0) is 10.5. The third-order valence-corrected chi connectivity index (χ3v) is 4.55. The minimum Gasteiger partial charge on any atom is -0.451 e. The van der Waals surface area contributed by atoms with Crippen molar-refractivity contribution < 1.29 is 9.53 Å². The molecule has 86 valence electrons. The molecule has 0 aromatic heterocycles. The number of carbonyl (C=O) groups is 1. The molecular formula is C12H20O2S. The number of carbonyl (C=O) groups excluding carboxylic acids is 1. The fourth-order valence-electron chi connectivity index (χ4n) is 2.37. The molecule has 2 fully saturated rings. The molecule has 0 radical (unpaired) electrons. The van der Waals surface area contributed by atoms with E-state index >= 15 is 0 Å². The standard InChI is InChI=1S/C12H20O2S/c13-12(10-6-2-1-3-7-10)14-11-8-4-5-9-15-11/h10-11H,1-9H2. The summed E-state index contributed by atoms with van der Waals surface area (Å²) in [4.78, 5) is 11.8. The third kappa shape index (κ3) is 3.40. The third-order valence-electron chi connectivity index (χ3n) is 3.32. The van der Waals surface area contributed by atoms with Crippen LogP contribution < -0.4 is 0 Å². The molecule has 1 aliphatic heterocycles. The summed E-state index contributed by atoms with van der Waals surface area (Å²) < 4.78 is 5.55. The Morgan fingerprint density at radius 2 is 1.73 bits per heavy atom. The smallest absolute Gasteiger partial charge is 0.310 e. The van der Waals surface area contributed by atoms with Gasteiger partial charge in [0.1, 0.15) is 5.44 Å².